The summed E-state index contributed by atoms with van der Waals surface area (Å²) in [6, 6.07) is 65.7. The highest BCUT2D eigenvalue weighted by Gasteiger charge is 2.18. The second-order valence-electron chi connectivity index (χ2n) is 14.3. The average molecular weight is 751 g/mol. The van der Waals surface area contributed by atoms with Crippen LogP contribution in [0.5, 0.6) is 0 Å². The fourth-order valence-corrected chi connectivity index (χ4v) is 10.7. The molecular formula is C51H30N2OS2. The summed E-state index contributed by atoms with van der Waals surface area (Å²) in [5, 5.41) is 10.4. The number of benzene rings is 9. The van der Waals surface area contributed by atoms with E-state index in [9.17, 15) is 0 Å². The number of aromatic nitrogens is 1. The molecule has 0 radical (unpaired) electrons. The van der Waals surface area contributed by atoms with Crippen molar-refractivity contribution in [2.45, 2.75) is 0 Å². The van der Waals surface area contributed by atoms with Crippen molar-refractivity contribution in [2.75, 3.05) is 4.90 Å². The summed E-state index contributed by atoms with van der Waals surface area (Å²) in [4.78, 5) is 7.10. The molecule has 0 saturated carbocycles. The van der Waals surface area contributed by atoms with Gasteiger partial charge in [-0.3, -0.25) is 0 Å². The predicted molar refractivity (Wildman–Crippen MR) is 240 cm³/mol. The third kappa shape index (κ3) is 4.98. The molecule has 5 heteroatoms. The Morgan fingerprint density at radius 2 is 0.893 bits per heavy atom. The van der Waals surface area contributed by atoms with Crippen LogP contribution in [0.15, 0.2) is 186 Å². The molecule has 3 heterocycles. The van der Waals surface area contributed by atoms with Gasteiger partial charge in [0.2, 0.25) is 5.89 Å². The first-order chi connectivity index (χ1) is 27.7. The van der Waals surface area contributed by atoms with Gasteiger partial charge in [-0.1, -0.05) is 109 Å². The Morgan fingerprint density at radius 3 is 1.48 bits per heavy atom. The van der Waals surface area contributed by atoms with E-state index in [0.717, 1.165) is 44.9 Å². The largest absolute Gasteiger partial charge is 0.436 e. The maximum atomic E-state index is 6.04. The highest BCUT2D eigenvalue weighted by Crippen LogP contribution is 2.45. The molecule has 0 saturated heterocycles. The molecule has 0 bridgehead atoms. The zero-order valence-corrected chi connectivity index (χ0v) is 31.6. The summed E-state index contributed by atoms with van der Waals surface area (Å²) in [7, 11) is 0. The van der Waals surface area contributed by atoms with Crippen LogP contribution in [-0.2, 0) is 0 Å². The lowest BCUT2D eigenvalue weighted by molar-refractivity contribution is 0.620. The first-order valence-electron chi connectivity index (χ1n) is 18.8. The zero-order chi connectivity index (χ0) is 36.7. The van der Waals surface area contributed by atoms with Crippen LogP contribution >= 0.6 is 22.7 Å². The van der Waals surface area contributed by atoms with E-state index in [1.54, 1.807) is 0 Å². The average Bonchev–Trinajstić information content (AvgIpc) is 3.97. The lowest BCUT2D eigenvalue weighted by Gasteiger charge is -2.26. The summed E-state index contributed by atoms with van der Waals surface area (Å²) in [6.45, 7) is 0. The lowest BCUT2D eigenvalue weighted by atomic mass is 10.0. The number of thiophene rings is 2. The summed E-state index contributed by atoms with van der Waals surface area (Å²) in [5.41, 5.74) is 8.29. The van der Waals surface area contributed by atoms with Crippen molar-refractivity contribution < 1.29 is 4.42 Å². The van der Waals surface area contributed by atoms with Gasteiger partial charge in [0.1, 0.15) is 5.52 Å². The fourth-order valence-electron chi connectivity index (χ4n) is 8.40. The lowest BCUT2D eigenvalue weighted by Crippen LogP contribution is -2.09. The van der Waals surface area contributed by atoms with Crippen LogP contribution in [0.4, 0.5) is 17.1 Å². The number of nitrogens with zero attached hydrogens (tertiary/aromatic N) is 2. The first-order valence-corrected chi connectivity index (χ1v) is 20.4. The van der Waals surface area contributed by atoms with Gasteiger partial charge in [-0.15, -0.1) is 22.7 Å². The minimum atomic E-state index is 0.635. The van der Waals surface area contributed by atoms with Crippen molar-refractivity contribution in [3.05, 3.63) is 182 Å². The van der Waals surface area contributed by atoms with Gasteiger partial charge in [-0.05, 0) is 105 Å². The molecule has 0 aliphatic carbocycles. The minimum Gasteiger partial charge on any atom is -0.436 e. The maximum Gasteiger partial charge on any atom is 0.227 e. The highest BCUT2D eigenvalue weighted by atomic mass is 32.1. The minimum absolute atomic E-state index is 0.635. The van der Waals surface area contributed by atoms with Crippen molar-refractivity contribution in [1.82, 2.24) is 4.98 Å². The molecule has 0 aliphatic rings. The molecule has 262 valence electrons. The fraction of sp³-hybridized carbons (Fsp3) is 0. The van der Waals surface area contributed by atoms with Crippen molar-refractivity contribution in [3.8, 4) is 22.6 Å². The molecular weight excluding hydrogens is 721 g/mol. The molecule has 12 rings (SSSR count). The van der Waals surface area contributed by atoms with Crippen LogP contribution in [0.25, 0.3) is 95.6 Å². The molecule has 0 aliphatic heterocycles. The van der Waals surface area contributed by atoms with E-state index < -0.39 is 0 Å². The van der Waals surface area contributed by atoms with Crippen LogP contribution in [0, 0.1) is 0 Å². The normalized spacial score (nSPS) is 11.9. The van der Waals surface area contributed by atoms with E-state index in [2.05, 4.69) is 163 Å². The van der Waals surface area contributed by atoms with Crippen LogP contribution in [-0.4, -0.2) is 4.98 Å². The number of fused-ring (bicyclic) bond motifs is 11. The van der Waals surface area contributed by atoms with E-state index in [1.165, 1.54) is 61.9 Å². The highest BCUT2D eigenvalue weighted by molar-refractivity contribution is 7.26. The van der Waals surface area contributed by atoms with Crippen LogP contribution < -0.4 is 4.90 Å². The Balaban J connectivity index is 0.976. The van der Waals surface area contributed by atoms with E-state index >= 15 is 0 Å². The standard InChI is InChI=1S/C51H30N2OS2/c1-3-9-39-33(7-1)19-27-45-49(39)41-25-23-37(29-47(41)55-45)53(38-24-26-42-48(30-38)56-46-28-20-34-8-2-4-10-40(34)50(42)46)36-21-17-32(18-22-36)31-13-15-35(16-14-31)51-52-43-11-5-6-12-44(43)54-51/h1-30H. The van der Waals surface area contributed by atoms with E-state index in [-0.39, 0.29) is 0 Å². The van der Waals surface area contributed by atoms with Gasteiger partial charge in [-0.2, -0.15) is 0 Å². The summed E-state index contributed by atoms with van der Waals surface area (Å²) >= 11 is 3.74. The van der Waals surface area contributed by atoms with Crippen LogP contribution in [0.2, 0.25) is 0 Å². The molecule has 12 aromatic rings. The van der Waals surface area contributed by atoms with Gasteiger partial charge < -0.3 is 9.32 Å². The molecule has 0 unspecified atom stereocenters. The molecule has 0 fully saturated rings. The molecule has 3 nitrogen and oxygen atoms in total. The van der Waals surface area contributed by atoms with E-state index in [1.807, 2.05) is 46.9 Å². The van der Waals surface area contributed by atoms with Gasteiger partial charge in [-0.25, -0.2) is 4.98 Å². The van der Waals surface area contributed by atoms with Gasteiger partial charge in [0.05, 0.1) is 0 Å². The Kier molecular flexibility index (Phi) is 6.97. The van der Waals surface area contributed by atoms with Gasteiger partial charge in [0.15, 0.2) is 5.58 Å². The number of para-hydroxylation sites is 2. The molecule has 0 amide bonds. The van der Waals surface area contributed by atoms with E-state index in [0.29, 0.717) is 5.89 Å². The summed E-state index contributed by atoms with van der Waals surface area (Å²) in [6.07, 6.45) is 0. The molecule has 56 heavy (non-hydrogen) atoms. The quantitative estimate of drug-likeness (QED) is 0.175. The summed E-state index contributed by atoms with van der Waals surface area (Å²) in [5.74, 6) is 0.635. The van der Waals surface area contributed by atoms with Crippen LogP contribution in [0.3, 0.4) is 0 Å². The second-order valence-corrected chi connectivity index (χ2v) is 16.5. The third-order valence-corrected chi connectivity index (χ3v) is 13.3. The Bertz CT molecular complexity index is 3300. The van der Waals surface area contributed by atoms with Crippen molar-refractivity contribution in [2.24, 2.45) is 0 Å². The Hall–Kier alpha value is -6.79. The Morgan fingerprint density at radius 1 is 0.393 bits per heavy atom. The monoisotopic (exact) mass is 750 g/mol. The first kappa shape index (κ1) is 31.5. The smallest absolute Gasteiger partial charge is 0.227 e. The second kappa shape index (κ2) is 12.4. The van der Waals surface area contributed by atoms with Gasteiger partial charge in [0.25, 0.3) is 0 Å². The van der Waals surface area contributed by atoms with E-state index in [4.69, 9.17) is 9.40 Å². The number of anilines is 3. The van der Waals surface area contributed by atoms with Crippen LogP contribution in [0.1, 0.15) is 0 Å². The predicted octanol–water partition coefficient (Wildman–Crippen LogP) is 15.7. The number of oxazole rings is 1. The van der Waals surface area contributed by atoms with Gasteiger partial charge >= 0.3 is 0 Å². The number of hydrogen-bond donors (Lipinski definition) is 0. The van der Waals surface area contributed by atoms with Crippen molar-refractivity contribution >= 4 is 113 Å². The molecule has 0 atom stereocenters. The van der Waals surface area contributed by atoms with Crippen molar-refractivity contribution in [3.63, 3.8) is 0 Å². The number of hydrogen-bond acceptors (Lipinski definition) is 5. The third-order valence-electron chi connectivity index (χ3n) is 11.1. The van der Waals surface area contributed by atoms with Gasteiger partial charge in [0, 0.05) is 63.0 Å². The molecule has 3 aromatic heterocycles. The summed E-state index contributed by atoms with van der Waals surface area (Å²) < 4.78 is 11.2. The molecule has 0 spiro atoms. The van der Waals surface area contributed by atoms with Crippen molar-refractivity contribution in [1.29, 1.82) is 0 Å². The number of rotatable bonds is 5. The molecule has 9 aromatic carbocycles. The molecule has 0 N–H and O–H groups in total. The zero-order valence-electron chi connectivity index (χ0n) is 29.9. The SMILES string of the molecule is c1ccc2c(c1)ccc1sc3cc(N(c4ccc(-c5ccc(-c6nc7ccccc7o6)cc5)cc4)c4ccc5c(c4)sc4ccc6ccccc6c45)ccc3c12. The maximum absolute atomic E-state index is 6.04. The Labute approximate surface area is 329 Å². The topological polar surface area (TPSA) is 29.3 Å².